The van der Waals surface area contributed by atoms with Crippen LogP contribution < -0.4 is 5.56 Å². The molecule has 10 heteroatoms. The van der Waals surface area contributed by atoms with Gasteiger partial charge in [0.25, 0.3) is 11.2 Å². The first-order valence-corrected chi connectivity index (χ1v) is 10.5. The van der Waals surface area contributed by atoms with Crippen LogP contribution in [-0.2, 0) is 6.54 Å². The van der Waals surface area contributed by atoms with E-state index in [1.165, 1.54) is 18.5 Å². The summed E-state index contributed by atoms with van der Waals surface area (Å²) >= 11 is 6.01. The number of fused-ring (bicyclic) bond motifs is 4. The zero-order valence-electron chi connectivity index (χ0n) is 17.0. The normalized spacial score (nSPS) is 11.6. The number of nitrogens with zero attached hydrogens (tertiary/aromatic N) is 6. The van der Waals surface area contributed by atoms with E-state index in [0.717, 1.165) is 12.8 Å². The molecule has 3 aromatic heterocycles. The molecule has 0 aliphatic heterocycles. The summed E-state index contributed by atoms with van der Waals surface area (Å²) in [7, 11) is 0. The number of aryl methyl sites for hydroxylation is 1. The van der Waals surface area contributed by atoms with E-state index < -0.39 is 4.92 Å². The van der Waals surface area contributed by atoms with Gasteiger partial charge >= 0.3 is 0 Å². The third kappa shape index (κ3) is 3.09. The predicted octanol–water partition coefficient (Wildman–Crippen LogP) is 4.65. The highest BCUT2D eigenvalue weighted by atomic mass is 35.5. The van der Waals surface area contributed by atoms with Crippen molar-refractivity contribution >= 4 is 50.5 Å². The highest BCUT2D eigenvalue weighted by molar-refractivity contribution is 6.32. The minimum atomic E-state index is -0.550. The molecule has 3 heterocycles. The van der Waals surface area contributed by atoms with Gasteiger partial charge in [-0.05, 0) is 30.7 Å². The van der Waals surface area contributed by atoms with Crippen molar-refractivity contribution in [2.75, 3.05) is 0 Å². The minimum absolute atomic E-state index is 0.0194. The molecule has 0 saturated carbocycles. The van der Waals surface area contributed by atoms with Crippen LogP contribution in [0.15, 0.2) is 53.6 Å². The number of aromatic nitrogens is 5. The predicted molar refractivity (Wildman–Crippen MR) is 123 cm³/mol. The second kappa shape index (κ2) is 7.69. The van der Waals surface area contributed by atoms with E-state index in [0.29, 0.717) is 45.5 Å². The number of nitro groups is 1. The maximum Gasteiger partial charge on any atom is 0.289 e. The number of rotatable bonds is 5. The minimum Gasteiger partial charge on any atom is -0.299 e. The molecular formula is C22H17ClN6O3. The standard InChI is InChI=1S/C22H17ClN6O3/c1-2-3-10-27-12-24-20-18(22(27)30)19-21(26-16-7-5-4-6-15(16)25-19)28(20)13-8-9-14(23)17(11-13)29(31)32/h4-9,11-12H,2-3,10H2,1H3. The Morgan fingerprint density at radius 1 is 1.09 bits per heavy atom. The molecule has 0 atom stereocenters. The molecule has 32 heavy (non-hydrogen) atoms. The first-order chi connectivity index (χ1) is 15.5. The van der Waals surface area contributed by atoms with Crippen LogP contribution in [0.2, 0.25) is 5.02 Å². The first kappa shape index (κ1) is 20.1. The topological polar surface area (TPSA) is 109 Å². The summed E-state index contributed by atoms with van der Waals surface area (Å²) < 4.78 is 3.19. The lowest BCUT2D eigenvalue weighted by Crippen LogP contribution is -2.20. The SMILES string of the molecule is CCCCn1cnc2c(c1=O)c1nc3ccccc3nc1n2-c1ccc(Cl)c([N+](=O)[O-])c1. The van der Waals surface area contributed by atoms with E-state index in [9.17, 15) is 14.9 Å². The smallest absolute Gasteiger partial charge is 0.289 e. The fourth-order valence-electron chi connectivity index (χ4n) is 3.78. The summed E-state index contributed by atoms with van der Waals surface area (Å²) in [6, 6.07) is 11.8. The highest BCUT2D eigenvalue weighted by Gasteiger charge is 2.22. The van der Waals surface area contributed by atoms with E-state index in [4.69, 9.17) is 21.6 Å². The Balaban J connectivity index is 1.92. The van der Waals surface area contributed by atoms with Gasteiger partial charge in [-0.2, -0.15) is 0 Å². The lowest BCUT2D eigenvalue weighted by Gasteiger charge is -2.08. The lowest BCUT2D eigenvalue weighted by molar-refractivity contribution is -0.384. The molecule has 0 bridgehead atoms. The average molecular weight is 449 g/mol. The molecule has 9 nitrogen and oxygen atoms in total. The summed E-state index contributed by atoms with van der Waals surface area (Å²) in [5.74, 6) is 0. The number of nitro benzene ring substituents is 1. The second-order valence-electron chi connectivity index (χ2n) is 7.41. The van der Waals surface area contributed by atoms with Crippen LogP contribution in [0.3, 0.4) is 0 Å². The third-order valence-electron chi connectivity index (χ3n) is 5.37. The van der Waals surface area contributed by atoms with Gasteiger partial charge in [0.1, 0.15) is 15.9 Å². The fourth-order valence-corrected chi connectivity index (χ4v) is 3.97. The van der Waals surface area contributed by atoms with Gasteiger partial charge in [-0.3, -0.25) is 24.0 Å². The van der Waals surface area contributed by atoms with Gasteiger partial charge in [0.05, 0.1) is 28.0 Å². The molecule has 0 aliphatic rings. The van der Waals surface area contributed by atoms with Gasteiger partial charge in [0.2, 0.25) is 0 Å². The van der Waals surface area contributed by atoms with E-state index in [2.05, 4.69) is 4.98 Å². The molecule has 0 aliphatic carbocycles. The van der Waals surface area contributed by atoms with Crippen molar-refractivity contribution in [1.82, 2.24) is 24.1 Å². The molecule has 0 saturated heterocycles. The number of benzene rings is 2. The average Bonchev–Trinajstić information content (AvgIpc) is 3.11. The molecule has 0 amide bonds. The first-order valence-electron chi connectivity index (χ1n) is 10.1. The Morgan fingerprint density at radius 3 is 2.56 bits per heavy atom. The Bertz CT molecular complexity index is 1590. The van der Waals surface area contributed by atoms with E-state index in [1.54, 1.807) is 15.2 Å². The number of hydrogen-bond acceptors (Lipinski definition) is 6. The van der Waals surface area contributed by atoms with Crippen LogP contribution in [0.1, 0.15) is 19.8 Å². The van der Waals surface area contributed by atoms with Crippen molar-refractivity contribution in [3.8, 4) is 5.69 Å². The summed E-state index contributed by atoms with van der Waals surface area (Å²) in [6.07, 6.45) is 3.27. The van der Waals surface area contributed by atoms with Crippen LogP contribution in [0.4, 0.5) is 5.69 Å². The molecule has 0 unspecified atom stereocenters. The number of hydrogen-bond donors (Lipinski definition) is 0. The van der Waals surface area contributed by atoms with Crippen LogP contribution >= 0.6 is 11.6 Å². The zero-order chi connectivity index (χ0) is 22.4. The largest absolute Gasteiger partial charge is 0.299 e. The molecule has 160 valence electrons. The molecular weight excluding hydrogens is 432 g/mol. The summed E-state index contributed by atoms with van der Waals surface area (Å²) in [6.45, 7) is 2.59. The zero-order valence-corrected chi connectivity index (χ0v) is 17.8. The molecule has 5 rings (SSSR count). The molecule has 5 aromatic rings. The quantitative estimate of drug-likeness (QED) is 0.286. The molecule has 0 fully saturated rings. The van der Waals surface area contributed by atoms with Crippen molar-refractivity contribution in [2.24, 2.45) is 0 Å². The maximum absolute atomic E-state index is 13.4. The van der Waals surface area contributed by atoms with E-state index in [-0.39, 0.29) is 16.3 Å². The second-order valence-corrected chi connectivity index (χ2v) is 7.82. The summed E-state index contributed by atoms with van der Waals surface area (Å²) in [4.78, 5) is 38.3. The number of unbranched alkanes of at least 4 members (excludes halogenated alkanes) is 1. The molecule has 0 spiro atoms. The third-order valence-corrected chi connectivity index (χ3v) is 5.69. The van der Waals surface area contributed by atoms with Crippen LogP contribution in [-0.4, -0.2) is 29.0 Å². The van der Waals surface area contributed by atoms with Gasteiger partial charge < -0.3 is 0 Å². The van der Waals surface area contributed by atoms with Crippen molar-refractivity contribution < 1.29 is 4.92 Å². The Labute approximate surface area is 186 Å². The fraction of sp³-hybridized carbons (Fsp3) is 0.182. The van der Waals surface area contributed by atoms with Crippen LogP contribution in [0.5, 0.6) is 0 Å². The van der Waals surface area contributed by atoms with Crippen molar-refractivity contribution in [2.45, 2.75) is 26.3 Å². The monoisotopic (exact) mass is 448 g/mol. The van der Waals surface area contributed by atoms with Crippen LogP contribution in [0, 0.1) is 10.1 Å². The van der Waals surface area contributed by atoms with Gasteiger partial charge in [-0.1, -0.05) is 37.1 Å². The Kier molecular flexibility index (Phi) is 4.82. The van der Waals surface area contributed by atoms with E-state index in [1.807, 2.05) is 31.2 Å². The van der Waals surface area contributed by atoms with Gasteiger partial charge in [-0.25, -0.2) is 15.0 Å². The van der Waals surface area contributed by atoms with Gasteiger partial charge in [-0.15, -0.1) is 0 Å². The molecule has 0 N–H and O–H groups in total. The van der Waals surface area contributed by atoms with Crippen LogP contribution in [0.25, 0.3) is 38.9 Å². The lowest BCUT2D eigenvalue weighted by atomic mass is 10.2. The van der Waals surface area contributed by atoms with Gasteiger partial charge in [0.15, 0.2) is 11.3 Å². The summed E-state index contributed by atoms with van der Waals surface area (Å²) in [5, 5.41) is 11.8. The molecule has 0 radical (unpaired) electrons. The Hall–Kier alpha value is -3.85. The van der Waals surface area contributed by atoms with Crippen molar-refractivity contribution in [1.29, 1.82) is 0 Å². The van der Waals surface area contributed by atoms with Crippen molar-refractivity contribution in [3.05, 3.63) is 74.3 Å². The van der Waals surface area contributed by atoms with E-state index >= 15 is 0 Å². The summed E-state index contributed by atoms with van der Waals surface area (Å²) in [5.41, 5.74) is 2.37. The van der Waals surface area contributed by atoms with Gasteiger partial charge in [0, 0.05) is 12.6 Å². The number of halogens is 1. The highest BCUT2D eigenvalue weighted by Crippen LogP contribution is 2.32. The molecule has 2 aromatic carbocycles. The van der Waals surface area contributed by atoms with Crippen molar-refractivity contribution in [3.63, 3.8) is 0 Å². The maximum atomic E-state index is 13.4. The Morgan fingerprint density at radius 2 is 1.84 bits per heavy atom. The number of para-hydroxylation sites is 2.